The number of aromatic nitrogens is 1. The first kappa shape index (κ1) is 49.1. The summed E-state index contributed by atoms with van der Waals surface area (Å²) in [6, 6.07) is 3.83. The molecule has 0 aliphatic carbocycles. The molecule has 328 valence electrons. The number of ether oxygens (including phenoxy) is 1. The number of nitrogens with two attached hydrogens (primary N) is 2. The van der Waals surface area contributed by atoms with E-state index in [0.29, 0.717) is 22.4 Å². The molecule has 2 aromatic carbocycles. The van der Waals surface area contributed by atoms with E-state index in [1.165, 1.54) is 13.3 Å². The zero-order valence-electron chi connectivity index (χ0n) is 34.7. The predicted molar refractivity (Wildman–Crippen MR) is 233 cm³/mol. The molecule has 0 spiro atoms. The molecule has 4 atom stereocenters. The minimum atomic E-state index is -4.11. The van der Waals surface area contributed by atoms with E-state index in [0.717, 1.165) is 21.4 Å². The lowest BCUT2D eigenvalue weighted by atomic mass is 10.00. The summed E-state index contributed by atoms with van der Waals surface area (Å²) in [4.78, 5) is 73.9. The highest BCUT2D eigenvalue weighted by Gasteiger charge is 2.32. The van der Waals surface area contributed by atoms with Gasteiger partial charge >= 0.3 is 12.1 Å². The van der Waals surface area contributed by atoms with Crippen LogP contribution >= 0.6 is 27.3 Å². The van der Waals surface area contributed by atoms with Crippen molar-refractivity contribution in [2.75, 3.05) is 20.2 Å². The van der Waals surface area contributed by atoms with Crippen molar-refractivity contribution >= 4 is 72.9 Å². The lowest BCUT2D eigenvalue weighted by molar-refractivity contribution is -0.131. The van der Waals surface area contributed by atoms with E-state index in [1.54, 1.807) is 53.0 Å². The van der Waals surface area contributed by atoms with Crippen molar-refractivity contribution in [3.63, 3.8) is 0 Å². The number of rotatable bonds is 21. The van der Waals surface area contributed by atoms with Gasteiger partial charge in [-0.1, -0.05) is 41.9 Å². The van der Waals surface area contributed by atoms with Gasteiger partial charge in [-0.2, -0.15) is 0 Å². The van der Waals surface area contributed by atoms with E-state index >= 15 is 0 Å². The van der Waals surface area contributed by atoms with Crippen LogP contribution in [0, 0.1) is 26.7 Å². The van der Waals surface area contributed by atoms with Gasteiger partial charge in [-0.15, -0.1) is 11.3 Å². The van der Waals surface area contributed by atoms with Gasteiger partial charge in [0.15, 0.2) is 5.01 Å². The number of benzene rings is 2. The smallest absolute Gasteiger partial charge is 0.315 e. The molecule has 0 radical (unpaired) electrons. The molecule has 3 rings (SSSR count). The molecule has 60 heavy (non-hydrogen) atoms. The maximum atomic E-state index is 13.9. The van der Waals surface area contributed by atoms with Crippen molar-refractivity contribution in [3.8, 4) is 5.75 Å². The van der Waals surface area contributed by atoms with Crippen LogP contribution in [0.5, 0.6) is 5.75 Å². The number of methoxy groups -OCH3 is 1. The molecule has 0 aliphatic rings. The Morgan fingerprint density at radius 3 is 2.17 bits per heavy atom. The molecule has 1 aromatic heterocycles. The van der Waals surface area contributed by atoms with Gasteiger partial charge in [0, 0.05) is 29.1 Å². The summed E-state index contributed by atoms with van der Waals surface area (Å²) in [7, 11) is -2.61. The monoisotopic (exact) mass is 934 g/mol. The van der Waals surface area contributed by atoms with Crippen LogP contribution in [-0.2, 0) is 19.6 Å². The first-order valence-electron chi connectivity index (χ1n) is 19.1. The number of thiazole rings is 1. The van der Waals surface area contributed by atoms with Gasteiger partial charge in [-0.05, 0) is 99.7 Å². The summed E-state index contributed by atoms with van der Waals surface area (Å²) in [5.41, 5.74) is 13.6. The van der Waals surface area contributed by atoms with E-state index in [9.17, 15) is 32.4 Å². The number of carbonyl (C=O) groups is 5. The summed E-state index contributed by atoms with van der Waals surface area (Å²) < 4.78 is 35.2. The highest BCUT2D eigenvalue weighted by atomic mass is 79.9. The van der Waals surface area contributed by atoms with Crippen molar-refractivity contribution in [1.29, 1.82) is 0 Å². The van der Waals surface area contributed by atoms with Crippen molar-refractivity contribution in [2.45, 2.75) is 96.3 Å². The third-order valence-electron chi connectivity index (χ3n) is 9.47. The first-order chi connectivity index (χ1) is 28.2. The second kappa shape index (κ2) is 22.9. The third kappa shape index (κ3) is 14.5. The zero-order valence-corrected chi connectivity index (χ0v) is 37.9. The number of nitrogens with one attached hydrogen (secondary N) is 6. The molecule has 0 fully saturated rings. The highest BCUT2D eigenvalue weighted by molar-refractivity contribution is 9.10. The average Bonchev–Trinajstić information content (AvgIpc) is 3.72. The number of hydrogen-bond acceptors (Lipinski definition) is 11. The number of sulfonamides is 1. The van der Waals surface area contributed by atoms with Gasteiger partial charge in [-0.3, -0.25) is 19.4 Å². The Balaban J connectivity index is 1.73. The van der Waals surface area contributed by atoms with Crippen molar-refractivity contribution in [2.24, 2.45) is 22.4 Å². The van der Waals surface area contributed by atoms with E-state index < -0.39 is 69.8 Å². The van der Waals surface area contributed by atoms with Crippen LogP contribution in [0.25, 0.3) is 0 Å². The fourth-order valence-electron chi connectivity index (χ4n) is 6.19. The quantitative estimate of drug-likeness (QED) is 0.0333. The second-order valence-electron chi connectivity index (χ2n) is 14.4. The largest absolute Gasteiger partial charge is 0.496 e. The third-order valence-corrected chi connectivity index (χ3v) is 12.4. The number of halogens is 1. The molecule has 1 heterocycles. The molecule has 0 aliphatic heterocycles. The van der Waals surface area contributed by atoms with Gasteiger partial charge in [0.25, 0.3) is 10.0 Å². The molecular formula is C39H55BrN10O8S2. The standard InChI is InChI=1S/C39H55BrN10O8S2/c1-21(2)31(49-34(52)29(11-9-17-45-38(42)54)48-39(55)46-25(6)26-12-14-27(40)15-13-26)35(53)47-28(32(51)36-43-18-19-59-36)10-8-16-44-37(41)50-60(56,57)33-22(3)20-30(58-7)23(4)24(33)5/h12-15,18-21,25,28-29,31H,8-11,16-17H2,1-7H3,(H,47,53)(H,49,52)(H3,41,44,50)(H3,42,45,54)(H2,46,48,55)/t25-,28+,29+,31+/m1/s1. The van der Waals surface area contributed by atoms with E-state index in [-0.39, 0.29) is 54.6 Å². The second-order valence-corrected chi connectivity index (χ2v) is 17.8. The number of carbonyl (C=O) groups excluding carboxylic acids is 5. The van der Waals surface area contributed by atoms with Crippen molar-refractivity contribution in [1.82, 2.24) is 36.3 Å². The number of guanidine groups is 1. The minimum Gasteiger partial charge on any atom is -0.496 e. The average molecular weight is 936 g/mol. The predicted octanol–water partition coefficient (Wildman–Crippen LogP) is 3.60. The molecular weight excluding hydrogens is 881 g/mol. The van der Waals surface area contributed by atoms with Gasteiger partial charge < -0.3 is 42.8 Å². The molecule has 3 aromatic rings. The minimum absolute atomic E-state index is 0.00369. The van der Waals surface area contributed by atoms with Crippen LogP contribution in [0.15, 0.2) is 56.3 Å². The Morgan fingerprint density at radius 2 is 1.57 bits per heavy atom. The Labute approximate surface area is 363 Å². The maximum absolute atomic E-state index is 13.9. The van der Waals surface area contributed by atoms with Crippen molar-refractivity contribution < 1.29 is 37.1 Å². The fraction of sp³-hybridized carbons (Fsp3) is 0.462. The van der Waals surface area contributed by atoms with Gasteiger partial charge in [0.2, 0.25) is 23.6 Å². The van der Waals surface area contributed by atoms with Crippen LogP contribution < -0.4 is 47.5 Å². The highest BCUT2D eigenvalue weighted by Crippen LogP contribution is 2.30. The number of nitrogens with zero attached hydrogens (tertiary/aromatic N) is 2. The lowest BCUT2D eigenvalue weighted by Crippen LogP contribution is -2.58. The molecule has 0 saturated heterocycles. The normalized spacial score (nSPS) is 13.7. The number of amides is 6. The molecule has 0 bridgehead atoms. The molecule has 10 N–H and O–H groups in total. The Hall–Kier alpha value is -5.28. The van der Waals surface area contributed by atoms with Gasteiger partial charge in [0.05, 0.1) is 24.1 Å². The van der Waals surface area contributed by atoms with Crippen LogP contribution in [-0.4, -0.2) is 87.3 Å². The van der Waals surface area contributed by atoms with Crippen molar-refractivity contribution in [3.05, 3.63) is 73.6 Å². The number of primary amides is 1. The maximum Gasteiger partial charge on any atom is 0.315 e. The molecule has 18 nitrogen and oxygen atoms in total. The SMILES string of the molecule is COc1cc(C)c(S(=O)(=O)NC(N)=NCCC[C@H](NC(=O)[C@@H](NC(=O)[C@H](CCCNC(N)=O)NC(=O)N[C@H](C)c2ccc(Br)cc2)C(C)C)C(=O)c2nccs2)c(C)c1C. The number of Topliss-reactive ketones (excluding diaryl/α,β-unsaturated/α-hetero) is 1. The number of ketones is 1. The zero-order chi connectivity index (χ0) is 44.7. The van der Waals surface area contributed by atoms with E-state index in [1.807, 2.05) is 24.3 Å². The summed E-state index contributed by atoms with van der Waals surface area (Å²) in [5, 5.41) is 15.2. The van der Waals surface area contributed by atoms with Gasteiger partial charge in [-0.25, -0.2) is 27.7 Å². The summed E-state index contributed by atoms with van der Waals surface area (Å²) in [5.74, 6) is -2.07. The lowest BCUT2D eigenvalue weighted by Gasteiger charge is -2.27. The molecule has 6 amide bonds. The number of hydrogen-bond donors (Lipinski definition) is 8. The van der Waals surface area contributed by atoms with Crippen LogP contribution in [0.1, 0.15) is 84.6 Å². The molecule has 0 unspecified atom stereocenters. The first-order valence-corrected chi connectivity index (χ1v) is 22.3. The number of aliphatic imine (C=N–C) groups is 1. The van der Waals surface area contributed by atoms with E-state index in [2.05, 4.69) is 57.2 Å². The summed E-state index contributed by atoms with van der Waals surface area (Å²) in [6.07, 6.45) is 2.07. The number of urea groups is 2. The summed E-state index contributed by atoms with van der Waals surface area (Å²) in [6.45, 7) is 10.4. The number of aryl methyl sites for hydroxylation is 1. The molecule has 21 heteroatoms. The van der Waals surface area contributed by atoms with Crippen LogP contribution in [0.2, 0.25) is 0 Å². The molecule has 0 saturated carbocycles. The van der Waals surface area contributed by atoms with E-state index in [4.69, 9.17) is 16.2 Å². The van der Waals surface area contributed by atoms with Gasteiger partial charge in [0.1, 0.15) is 17.8 Å². The van der Waals surface area contributed by atoms with Crippen LogP contribution in [0.3, 0.4) is 0 Å². The van der Waals surface area contributed by atoms with Crippen LogP contribution in [0.4, 0.5) is 9.59 Å². The Kier molecular flexibility index (Phi) is 18.7. The summed E-state index contributed by atoms with van der Waals surface area (Å²) >= 11 is 4.48. The fourth-order valence-corrected chi connectivity index (χ4v) is 8.57. The Morgan fingerprint density at radius 1 is 0.900 bits per heavy atom. The Bertz CT molecular complexity index is 2120. The topological polar surface area (TPSA) is 278 Å².